The molecule has 3 N–H and O–H groups in total. The van der Waals surface area contributed by atoms with E-state index in [9.17, 15) is 4.79 Å². The molecule has 0 aliphatic rings. The number of para-hydroxylation sites is 3. The molecule has 146 valence electrons. The molecule has 0 spiro atoms. The number of carbonyl (C=O) groups is 1. The Balaban J connectivity index is 1.40. The molecule has 1 amide bonds. The summed E-state index contributed by atoms with van der Waals surface area (Å²) in [6.07, 6.45) is 4.24. The van der Waals surface area contributed by atoms with Crippen LogP contribution in [0.1, 0.15) is 16.1 Å². The molecule has 2 aromatic carbocycles. The first kappa shape index (κ1) is 18.5. The van der Waals surface area contributed by atoms with Crippen LogP contribution in [-0.4, -0.2) is 34.5 Å². The van der Waals surface area contributed by atoms with Gasteiger partial charge in [-0.2, -0.15) is 0 Å². The fourth-order valence-corrected chi connectivity index (χ4v) is 3.18. The van der Waals surface area contributed by atoms with Crippen LogP contribution in [0.4, 0.5) is 11.5 Å². The number of anilines is 2. The van der Waals surface area contributed by atoms with Crippen molar-refractivity contribution in [1.82, 2.24) is 15.0 Å². The first-order valence-electron chi connectivity index (χ1n) is 9.30. The number of H-pyrrole nitrogens is 1. The monoisotopic (exact) mass is 387 g/mol. The smallest absolute Gasteiger partial charge is 0.274 e. The van der Waals surface area contributed by atoms with Crippen molar-refractivity contribution >= 4 is 28.3 Å². The fraction of sp³-hybridized carbons (Fsp3) is 0.136. The lowest BCUT2D eigenvalue weighted by Crippen LogP contribution is -2.15. The maximum Gasteiger partial charge on any atom is 0.274 e. The maximum atomic E-state index is 12.6. The molecular formula is C22H21N5O2. The molecule has 7 heteroatoms. The second-order valence-electron chi connectivity index (χ2n) is 6.48. The highest BCUT2D eigenvalue weighted by Crippen LogP contribution is 2.23. The van der Waals surface area contributed by atoms with E-state index in [1.165, 1.54) is 17.3 Å². The molecule has 0 aliphatic carbocycles. The normalized spacial score (nSPS) is 10.7. The van der Waals surface area contributed by atoms with Crippen LogP contribution in [0, 0.1) is 0 Å². The number of benzene rings is 2. The van der Waals surface area contributed by atoms with Crippen LogP contribution in [0.25, 0.3) is 10.9 Å². The lowest BCUT2D eigenvalue weighted by atomic mass is 10.1. The molecular weight excluding hydrogens is 366 g/mol. The third-order valence-corrected chi connectivity index (χ3v) is 4.63. The van der Waals surface area contributed by atoms with Crippen LogP contribution >= 0.6 is 0 Å². The van der Waals surface area contributed by atoms with Crippen LogP contribution in [0.3, 0.4) is 0 Å². The minimum Gasteiger partial charge on any atom is -0.495 e. The quantitative estimate of drug-likeness (QED) is 0.448. The zero-order chi connectivity index (χ0) is 20.1. The van der Waals surface area contributed by atoms with E-state index >= 15 is 0 Å². The summed E-state index contributed by atoms with van der Waals surface area (Å²) in [5.74, 6) is 0.869. The molecule has 0 unspecified atom stereocenters. The van der Waals surface area contributed by atoms with E-state index in [0.717, 1.165) is 11.9 Å². The van der Waals surface area contributed by atoms with E-state index in [-0.39, 0.29) is 11.6 Å². The van der Waals surface area contributed by atoms with Crippen molar-refractivity contribution in [3.8, 4) is 5.75 Å². The molecule has 0 saturated heterocycles. The predicted octanol–water partition coefficient (Wildman–Crippen LogP) is 3.87. The summed E-state index contributed by atoms with van der Waals surface area (Å²) in [5.41, 5.74) is 3.23. The van der Waals surface area contributed by atoms with Crippen molar-refractivity contribution in [2.45, 2.75) is 6.42 Å². The Bertz CT molecular complexity index is 1140. The van der Waals surface area contributed by atoms with Crippen molar-refractivity contribution in [3.63, 3.8) is 0 Å². The van der Waals surface area contributed by atoms with Gasteiger partial charge in [-0.25, -0.2) is 9.97 Å². The topological polar surface area (TPSA) is 91.9 Å². The summed E-state index contributed by atoms with van der Waals surface area (Å²) >= 11 is 0. The number of ether oxygens (including phenoxy) is 1. The van der Waals surface area contributed by atoms with E-state index in [0.29, 0.717) is 23.8 Å². The van der Waals surface area contributed by atoms with Gasteiger partial charge in [0.1, 0.15) is 23.6 Å². The highest BCUT2D eigenvalue weighted by molar-refractivity contribution is 6.04. The van der Waals surface area contributed by atoms with Crippen LogP contribution in [0.15, 0.2) is 67.1 Å². The van der Waals surface area contributed by atoms with Crippen LogP contribution in [0.5, 0.6) is 5.75 Å². The highest BCUT2D eigenvalue weighted by atomic mass is 16.5. The van der Waals surface area contributed by atoms with Crippen LogP contribution in [-0.2, 0) is 6.42 Å². The molecule has 0 saturated carbocycles. The summed E-state index contributed by atoms with van der Waals surface area (Å²) in [6.45, 7) is 0.687. The predicted molar refractivity (Wildman–Crippen MR) is 113 cm³/mol. The summed E-state index contributed by atoms with van der Waals surface area (Å²) in [7, 11) is 1.56. The minimum atomic E-state index is -0.323. The molecule has 4 aromatic rings. The van der Waals surface area contributed by atoms with Gasteiger partial charge < -0.3 is 20.4 Å². The second-order valence-corrected chi connectivity index (χ2v) is 6.48. The third-order valence-electron chi connectivity index (χ3n) is 4.63. The zero-order valence-corrected chi connectivity index (χ0v) is 16.0. The number of methoxy groups -OCH3 is 1. The molecule has 0 aliphatic heterocycles. The van der Waals surface area contributed by atoms with Gasteiger partial charge in [0.25, 0.3) is 5.91 Å². The van der Waals surface area contributed by atoms with E-state index < -0.39 is 0 Å². The molecule has 0 radical (unpaired) electrons. The van der Waals surface area contributed by atoms with Crippen molar-refractivity contribution in [2.75, 3.05) is 24.3 Å². The molecule has 0 fully saturated rings. The Hall–Kier alpha value is -3.87. The number of rotatable bonds is 7. The SMILES string of the molecule is COc1ccccc1NC(=O)c1cc(NCCc2c[nH]c3ccccc23)ncn1. The fourth-order valence-electron chi connectivity index (χ4n) is 3.18. The first-order valence-corrected chi connectivity index (χ1v) is 9.30. The molecule has 0 atom stereocenters. The van der Waals surface area contributed by atoms with E-state index in [1.54, 1.807) is 25.3 Å². The molecule has 4 rings (SSSR count). The number of amides is 1. The van der Waals surface area contributed by atoms with Gasteiger partial charge in [0.05, 0.1) is 12.8 Å². The Morgan fingerprint density at radius 1 is 1.10 bits per heavy atom. The lowest BCUT2D eigenvalue weighted by Gasteiger charge is -2.10. The van der Waals surface area contributed by atoms with Gasteiger partial charge in [0.2, 0.25) is 0 Å². The van der Waals surface area contributed by atoms with E-state index in [2.05, 4.69) is 37.7 Å². The Labute approximate surface area is 168 Å². The first-order chi connectivity index (χ1) is 14.2. The molecule has 29 heavy (non-hydrogen) atoms. The minimum absolute atomic E-state index is 0.278. The largest absolute Gasteiger partial charge is 0.495 e. The number of aromatic nitrogens is 3. The number of fused-ring (bicyclic) bond motifs is 1. The van der Waals surface area contributed by atoms with Gasteiger partial charge in [0.15, 0.2) is 0 Å². The van der Waals surface area contributed by atoms with Crippen molar-refractivity contribution in [2.24, 2.45) is 0 Å². The number of nitrogens with one attached hydrogen (secondary N) is 3. The van der Waals surface area contributed by atoms with Gasteiger partial charge in [-0.1, -0.05) is 30.3 Å². The standard InChI is InChI=1S/C22H21N5O2/c1-29-20-9-5-4-8-18(20)27-22(28)19-12-21(26-14-25-19)23-11-10-15-13-24-17-7-3-2-6-16(15)17/h2-9,12-14,24H,10-11H2,1H3,(H,27,28)(H,23,25,26). The molecule has 0 bridgehead atoms. The summed E-state index contributed by atoms with van der Waals surface area (Å²) < 4.78 is 5.26. The summed E-state index contributed by atoms with van der Waals surface area (Å²) in [4.78, 5) is 24.1. The Morgan fingerprint density at radius 2 is 1.93 bits per heavy atom. The number of hydrogen-bond donors (Lipinski definition) is 3. The number of carbonyl (C=O) groups excluding carboxylic acids is 1. The van der Waals surface area contributed by atoms with E-state index in [1.807, 2.05) is 30.5 Å². The molecule has 2 aromatic heterocycles. The summed E-state index contributed by atoms with van der Waals surface area (Å²) in [6, 6.07) is 17.1. The van der Waals surface area contributed by atoms with Gasteiger partial charge in [0, 0.05) is 29.7 Å². The van der Waals surface area contributed by atoms with Crippen LogP contribution in [0.2, 0.25) is 0 Å². The lowest BCUT2D eigenvalue weighted by molar-refractivity contribution is 0.102. The average Bonchev–Trinajstić information content (AvgIpc) is 3.17. The average molecular weight is 387 g/mol. The van der Waals surface area contributed by atoms with Gasteiger partial charge in [-0.05, 0) is 30.2 Å². The van der Waals surface area contributed by atoms with Gasteiger partial charge >= 0.3 is 0 Å². The zero-order valence-electron chi connectivity index (χ0n) is 16.0. The van der Waals surface area contributed by atoms with Crippen molar-refractivity contribution in [1.29, 1.82) is 0 Å². The van der Waals surface area contributed by atoms with E-state index in [4.69, 9.17) is 4.74 Å². The van der Waals surface area contributed by atoms with Gasteiger partial charge in [-0.15, -0.1) is 0 Å². The number of nitrogens with zero attached hydrogens (tertiary/aromatic N) is 2. The number of hydrogen-bond acceptors (Lipinski definition) is 5. The molecule has 7 nitrogen and oxygen atoms in total. The van der Waals surface area contributed by atoms with Gasteiger partial charge in [-0.3, -0.25) is 4.79 Å². The van der Waals surface area contributed by atoms with Crippen molar-refractivity contribution < 1.29 is 9.53 Å². The van der Waals surface area contributed by atoms with Crippen molar-refractivity contribution in [3.05, 3.63) is 78.4 Å². The van der Waals surface area contributed by atoms with Crippen LogP contribution < -0.4 is 15.4 Å². The summed E-state index contributed by atoms with van der Waals surface area (Å²) in [5, 5.41) is 7.29. The molecule has 2 heterocycles. The Kier molecular flexibility index (Phi) is 5.38. The number of aromatic amines is 1. The third kappa shape index (κ3) is 4.19. The second kappa shape index (κ2) is 8.43. The maximum absolute atomic E-state index is 12.6. The Morgan fingerprint density at radius 3 is 2.83 bits per heavy atom. The highest BCUT2D eigenvalue weighted by Gasteiger charge is 2.12.